The molecule has 136 valence electrons. The first-order chi connectivity index (χ1) is 12.3. The Labute approximate surface area is 152 Å². The largest absolute Gasteiger partial charge is 0.508 e. The van der Waals surface area contributed by atoms with E-state index in [-0.39, 0.29) is 25.3 Å². The van der Waals surface area contributed by atoms with Crippen LogP contribution in [0.15, 0.2) is 53.9 Å². The van der Waals surface area contributed by atoms with Crippen molar-refractivity contribution in [1.82, 2.24) is 4.90 Å². The Morgan fingerprint density at radius 1 is 1.08 bits per heavy atom. The number of thiophene rings is 1. The van der Waals surface area contributed by atoms with E-state index in [1.54, 1.807) is 17.5 Å². The minimum Gasteiger partial charge on any atom is -0.508 e. The van der Waals surface area contributed by atoms with Crippen LogP contribution in [0.25, 0.3) is 10.1 Å². The number of carbonyl (C=O) groups excluding carboxylic acids is 1. The lowest BCUT2D eigenvalue weighted by atomic mass is 10.1. The SMILES string of the molecule is O=C(N(CCc1ccc(O)cc1)Cc1csc2ccccc12)C(F)(F)F. The molecule has 0 spiro atoms. The molecule has 0 fully saturated rings. The predicted octanol–water partition coefficient (Wildman–Crippen LogP) is 4.74. The van der Waals surface area contributed by atoms with Gasteiger partial charge in [-0.3, -0.25) is 4.79 Å². The Morgan fingerprint density at radius 3 is 2.46 bits per heavy atom. The van der Waals surface area contributed by atoms with Crippen molar-refractivity contribution in [3.8, 4) is 5.75 Å². The van der Waals surface area contributed by atoms with E-state index in [1.807, 2.05) is 24.3 Å². The summed E-state index contributed by atoms with van der Waals surface area (Å²) in [7, 11) is 0. The Morgan fingerprint density at radius 2 is 1.77 bits per heavy atom. The Balaban J connectivity index is 1.81. The van der Waals surface area contributed by atoms with Gasteiger partial charge in [-0.2, -0.15) is 13.2 Å². The second-order valence-electron chi connectivity index (χ2n) is 5.90. The number of fused-ring (bicyclic) bond motifs is 1. The summed E-state index contributed by atoms with van der Waals surface area (Å²) in [5.74, 6) is -1.76. The van der Waals surface area contributed by atoms with E-state index >= 15 is 0 Å². The Hall–Kier alpha value is -2.54. The minimum atomic E-state index is -4.92. The molecular formula is C19H16F3NO2S. The number of phenols is 1. The van der Waals surface area contributed by atoms with Gasteiger partial charge < -0.3 is 10.0 Å². The highest BCUT2D eigenvalue weighted by molar-refractivity contribution is 7.17. The smallest absolute Gasteiger partial charge is 0.471 e. The van der Waals surface area contributed by atoms with Crippen molar-refractivity contribution >= 4 is 27.3 Å². The molecular weight excluding hydrogens is 363 g/mol. The van der Waals surface area contributed by atoms with Crippen molar-refractivity contribution in [2.24, 2.45) is 0 Å². The van der Waals surface area contributed by atoms with Crippen LogP contribution in [0.4, 0.5) is 13.2 Å². The molecule has 0 radical (unpaired) electrons. The summed E-state index contributed by atoms with van der Waals surface area (Å²) in [6.07, 6.45) is -4.65. The molecule has 3 rings (SSSR count). The van der Waals surface area contributed by atoms with E-state index in [0.717, 1.165) is 20.5 Å². The Bertz CT molecular complexity index is 903. The van der Waals surface area contributed by atoms with Gasteiger partial charge in [0.25, 0.3) is 0 Å². The molecule has 0 atom stereocenters. The zero-order valence-electron chi connectivity index (χ0n) is 13.7. The van der Waals surface area contributed by atoms with Crippen LogP contribution in [0.5, 0.6) is 5.75 Å². The first-order valence-corrected chi connectivity index (χ1v) is 8.81. The molecule has 1 aromatic heterocycles. The van der Waals surface area contributed by atoms with Gasteiger partial charge in [0.05, 0.1) is 0 Å². The number of carbonyl (C=O) groups is 1. The van der Waals surface area contributed by atoms with Crippen LogP contribution >= 0.6 is 11.3 Å². The Kier molecular flexibility index (Phi) is 5.18. The lowest BCUT2D eigenvalue weighted by molar-refractivity contribution is -0.186. The van der Waals surface area contributed by atoms with Crippen LogP contribution in [0.2, 0.25) is 0 Å². The van der Waals surface area contributed by atoms with Crippen molar-refractivity contribution in [3.05, 3.63) is 65.0 Å². The van der Waals surface area contributed by atoms with Crippen LogP contribution in [0, 0.1) is 0 Å². The van der Waals surface area contributed by atoms with E-state index in [4.69, 9.17) is 0 Å². The molecule has 1 heterocycles. The van der Waals surface area contributed by atoms with Gasteiger partial charge in [0.1, 0.15) is 5.75 Å². The van der Waals surface area contributed by atoms with E-state index < -0.39 is 12.1 Å². The van der Waals surface area contributed by atoms with Crippen LogP contribution in [0.1, 0.15) is 11.1 Å². The summed E-state index contributed by atoms with van der Waals surface area (Å²) in [6, 6.07) is 13.6. The zero-order chi connectivity index (χ0) is 18.7. The van der Waals surface area contributed by atoms with Gasteiger partial charge in [0.15, 0.2) is 0 Å². The fraction of sp³-hybridized carbons (Fsp3) is 0.211. The first-order valence-electron chi connectivity index (χ1n) is 7.94. The molecule has 0 aliphatic rings. The average molecular weight is 379 g/mol. The van der Waals surface area contributed by atoms with Crippen molar-refractivity contribution < 1.29 is 23.1 Å². The van der Waals surface area contributed by atoms with Crippen molar-refractivity contribution in [2.45, 2.75) is 19.1 Å². The number of hydrogen-bond donors (Lipinski definition) is 1. The number of aromatic hydroxyl groups is 1. The summed E-state index contributed by atoms with van der Waals surface area (Å²) >= 11 is 1.44. The third-order valence-electron chi connectivity index (χ3n) is 4.06. The van der Waals surface area contributed by atoms with Crippen LogP contribution in [-0.2, 0) is 17.8 Å². The highest BCUT2D eigenvalue weighted by Gasteiger charge is 2.42. The predicted molar refractivity (Wildman–Crippen MR) is 95.1 cm³/mol. The topological polar surface area (TPSA) is 40.5 Å². The lowest BCUT2D eigenvalue weighted by Crippen LogP contribution is -2.41. The average Bonchev–Trinajstić information content (AvgIpc) is 3.01. The molecule has 0 bridgehead atoms. The maximum Gasteiger partial charge on any atom is 0.471 e. The van der Waals surface area contributed by atoms with E-state index in [1.165, 1.54) is 23.5 Å². The third kappa shape index (κ3) is 4.16. The van der Waals surface area contributed by atoms with Crippen LogP contribution < -0.4 is 0 Å². The van der Waals surface area contributed by atoms with Crippen molar-refractivity contribution in [1.29, 1.82) is 0 Å². The lowest BCUT2D eigenvalue weighted by Gasteiger charge is -2.23. The van der Waals surface area contributed by atoms with Gasteiger partial charge in [-0.05, 0) is 46.5 Å². The minimum absolute atomic E-state index is 0.0622. The van der Waals surface area contributed by atoms with Gasteiger partial charge in [0.2, 0.25) is 0 Å². The fourth-order valence-corrected chi connectivity index (χ4v) is 3.67. The van der Waals surface area contributed by atoms with E-state index in [9.17, 15) is 23.1 Å². The normalized spacial score (nSPS) is 11.7. The number of phenolic OH excluding ortho intramolecular Hbond substituents is 1. The number of alkyl halides is 3. The first kappa shape index (κ1) is 18.3. The molecule has 3 nitrogen and oxygen atoms in total. The van der Waals surface area contributed by atoms with Crippen molar-refractivity contribution in [3.63, 3.8) is 0 Å². The standard InChI is InChI=1S/C19H16F3NO2S/c20-19(21,22)18(25)23(10-9-13-5-7-15(24)8-6-13)11-14-12-26-17-4-2-1-3-16(14)17/h1-8,12,24H,9-11H2. The summed E-state index contributed by atoms with van der Waals surface area (Å²) in [5.41, 5.74) is 1.45. The highest BCUT2D eigenvalue weighted by Crippen LogP contribution is 2.28. The summed E-state index contributed by atoms with van der Waals surface area (Å²) in [4.78, 5) is 12.7. The fourth-order valence-electron chi connectivity index (χ4n) is 2.72. The summed E-state index contributed by atoms with van der Waals surface area (Å²) in [6.45, 7) is -0.159. The number of nitrogens with zero attached hydrogens (tertiary/aromatic N) is 1. The quantitative estimate of drug-likeness (QED) is 0.696. The highest BCUT2D eigenvalue weighted by atomic mass is 32.1. The number of rotatable bonds is 5. The number of hydrogen-bond acceptors (Lipinski definition) is 3. The van der Waals surface area contributed by atoms with Crippen molar-refractivity contribution in [2.75, 3.05) is 6.54 Å². The molecule has 0 aliphatic carbocycles. The molecule has 2 aromatic carbocycles. The van der Waals surface area contributed by atoms with Gasteiger partial charge in [-0.1, -0.05) is 30.3 Å². The summed E-state index contributed by atoms with van der Waals surface area (Å²) in [5, 5.41) is 11.9. The molecule has 1 N–H and O–H groups in total. The molecule has 0 aliphatic heterocycles. The second-order valence-corrected chi connectivity index (χ2v) is 6.81. The second kappa shape index (κ2) is 7.37. The van der Waals surface area contributed by atoms with Crippen LogP contribution in [-0.4, -0.2) is 28.6 Å². The zero-order valence-corrected chi connectivity index (χ0v) is 14.5. The number of benzene rings is 2. The molecule has 0 saturated carbocycles. The molecule has 0 saturated heterocycles. The van der Waals surface area contributed by atoms with Gasteiger partial charge >= 0.3 is 12.1 Å². The third-order valence-corrected chi connectivity index (χ3v) is 5.07. The summed E-state index contributed by atoms with van der Waals surface area (Å²) < 4.78 is 40.0. The van der Waals surface area contributed by atoms with E-state index in [0.29, 0.717) is 5.56 Å². The molecule has 0 unspecified atom stereocenters. The number of amides is 1. The number of halogens is 3. The van der Waals surface area contributed by atoms with Gasteiger partial charge in [-0.25, -0.2) is 0 Å². The van der Waals surface area contributed by atoms with E-state index in [2.05, 4.69) is 0 Å². The maximum absolute atomic E-state index is 13.0. The monoisotopic (exact) mass is 379 g/mol. The van der Waals surface area contributed by atoms with Gasteiger partial charge in [-0.15, -0.1) is 11.3 Å². The van der Waals surface area contributed by atoms with Crippen LogP contribution in [0.3, 0.4) is 0 Å². The molecule has 1 amide bonds. The maximum atomic E-state index is 13.0. The van der Waals surface area contributed by atoms with Gasteiger partial charge in [0, 0.05) is 17.8 Å². The molecule has 7 heteroatoms. The molecule has 26 heavy (non-hydrogen) atoms. The molecule has 3 aromatic rings.